The van der Waals surface area contributed by atoms with Crippen LogP contribution in [-0.4, -0.2) is 18.5 Å². The summed E-state index contributed by atoms with van der Waals surface area (Å²) in [5, 5.41) is 2.16. The van der Waals surface area contributed by atoms with Gasteiger partial charge in [0.1, 0.15) is 0 Å². The Bertz CT molecular complexity index is 756. The topological polar surface area (TPSA) is 26.3 Å². The maximum Gasteiger partial charge on any atom is 0.313 e. The summed E-state index contributed by atoms with van der Waals surface area (Å²) in [7, 11) is 0. The molecular formula is C18H16F2O2. The lowest BCUT2D eigenvalue weighted by atomic mass is 9.75. The molecule has 1 saturated carbocycles. The van der Waals surface area contributed by atoms with E-state index in [9.17, 15) is 13.6 Å². The number of hydrogen-bond donors (Lipinski definition) is 0. The van der Waals surface area contributed by atoms with Crippen molar-refractivity contribution in [3.05, 3.63) is 48.0 Å². The molecule has 0 amide bonds. The Morgan fingerprint density at radius 3 is 2.73 bits per heavy atom. The predicted molar refractivity (Wildman–Crippen MR) is 78.7 cm³/mol. The van der Waals surface area contributed by atoms with Gasteiger partial charge in [-0.2, -0.15) is 0 Å². The van der Waals surface area contributed by atoms with Crippen molar-refractivity contribution in [1.29, 1.82) is 0 Å². The fourth-order valence-corrected chi connectivity index (χ4v) is 4.00. The van der Waals surface area contributed by atoms with Crippen LogP contribution >= 0.6 is 0 Å². The second-order valence-corrected chi connectivity index (χ2v) is 6.55. The van der Waals surface area contributed by atoms with Crippen LogP contribution in [0.25, 0.3) is 10.8 Å². The van der Waals surface area contributed by atoms with Gasteiger partial charge in [0.05, 0.1) is 12.0 Å². The number of esters is 1. The smallest absolute Gasteiger partial charge is 0.313 e. The summed E-state index contributed by atoms with van der Waals surface area (Å²) < 4.78 is 32.8. The first-order valence-electron chi connectivity index (χ1n) is 7.51. The Morgan fingerprint density at radius 1 is 1.14 bits per heavy atom. The first-order valence-corrected chi connectivity index (χ1v) is 7.51. The van der Waals surface area contributed by atoms with Crippen LogP contribution in [0.3, 0.4) is 0 Å². The Labute approximate surface area is 127 Å². The average Bonchev–Trinajstić information content (AvgIpc) is 2.90. The zero-order valence-electron chi connectivity index (χ0n) is 12.0. The molecule has 1 heterocycles. The van der Waals surface area contributed by atoms with Crippen molar-refractivity contribution in [1.82, 2.24) is 0 Å². The first kappa shape index (κ1) is 13.7. The molecule has 0 N–H and O–H groups in total. The number of hydrogen-bond acceptors (Lipinski definition) is 2. The van der Waals surface area contributed by atoms with Crippen molar-refractivity contribution >= 4 is 16.7 Å². The van der Waals surface area contributed by atoms with E-state index in [1.165, 1.54) is 0 Å². The molecule has 1 aliphatic carbocycles. The minimum Gasteiger partial charge on any atom is -0.465 e. The van der Waals surface area contributed by atoms with Crippen molar-refractivity contribution in [2.45, 2.75) is 25.2 Å². The molecule has 0 aromatic heterocycles. The van der Waals surface area contributed by atoms with E-state index in [4.69, 9.17) is 4.74 Å². The van der Waals surface area contributed by atoms with Gasteiger partial charge in [0.15, 0.2) is 0 Å². The van der Waals surface area contributed by atoms with E-state index in [0.717, 1.165) is 16.3 Å². The van der Waals surface area contributed by atoms with Crippen molar-refractivity contribution < 1.29 is 18.3 Å². The highest BCUT2D eigenvalue weighted by molar-refractivity contribution is 5.84. The minimum absolute atomic E-state index is 0.127. The normalized spacial score (nSPS) is 29.5. The lowest BCUT2D eigenvalue weighted by molar-refractivity contribution is -0.149. The fourth-order valence-electron chi connectivity index (χ4n) is 4.00. The highest BCUT2D eigenvalue weighted by Gasteiger charge is 2.64. The van der Waals surface area contributed by atoms with Crippen LogP contribution in [0.1, 0.15) is 18.4 Å². The molecule has 114 valence electrons. The number of rotatable bonds is 2. The summed E-state index contributed by atoms with van der Waals surface area (Å²) in [6.07, 6.45) is -0.306. The van der Waals surface area contributed by atoms with Crippen LogP contribution in [0.15, 0.2) is 42.5 Å². The van der Waals surface area contributed by atoms with Crippen molar-refractivity contribution in [2.75, 3.05) is 6.61 Å². The number of carbonyl (C=O) groups is 1. The quantitative estimate of drug-likeness (QED) is 0.785. The Kier molecular flexibility index (Phi) is 2.80. The van der Waals surface area contributed by atoms with Crippen LogP contribution in [0.4, 0.5) is 8.78 Å². The lowest BCUT2D eigenvalue weighted by Crippen LogP contribution is -2.32. The van der Waals surface area contributed by atoms with Crippen molar-refractivity contribution in [2.24, 2.45) is 11.3 Å². The Hall–Kier alpha value is -1.97. The number of ether oxygens (including phenoxy) is 1. The SMILES string of the molecule is O=C1OCC2CC(F)(F)CC12Cc1ccc2ccccc2c1. The average molecular weight is 302 g/mol. The number of alkyl halides is 2. The third kappa shape index (κ3) is 2.01. The summed E-state index contributed by atoms with van der Waals surface area (Å²) in [4.78, 5) is 12.2. The summed E-state index contributed by atoms with van der Waals surface area (Å²) in [5.74, 6) is -3.59. The van der Waals surface area contributed by atoms with Gasteiger partial charge < -0.3 is 4.74 Å². The number of benzene rings is 2. The molecular weight excluding hydrogens is 286 g/mol. The largest absolute Gasteiger partial charge is 0.465 e. The van der Waals surface area contributed by atoms with Gasteiger partial charge in [-0.3, -0.25) is 4.79 Å². The summed E-state index contributed by atoms with van der Waals surface area (Å²) >= 11 is 0. The van der Waals surface area contributed by atoms with E-state index in [0.29, 0.717) is 6.42 Å². The van der Waals surface area contributed by atoms with Gasteiger partial charge >= 0.3 is 5.97 Å². The molecule has 4 heteroatoms. The first-order chi connectivity index (χ1) is 10.5. The van der Waals surface area contributed by atoms with Crippen LogP contribution < -0.4 is 0 Å². The molecule has 4 rings (SSSR count). The molecule has 2 fully saturated rings. The second-order valence-electron chi connectivity index (χ2n) is 6.55. The third-order valence-corrected chi connectivity index (χ3v) is 5.06. The highest BCUT2D eigenvalue weighted by atomic mass is 19.3. The molecule has 2 unspecified atom stereocenters. The third-order valence-electron chi connectivity index (χ3n) is 5.06. The molecule has 1 saturated heterocycles. The molecule has 2 aliphatic rings. The Balaban J connectivity index is 1.72. The summed E-state index contributed by atoms with van der Waals surface area (Å²) in [6, 6.07) is 13.8. The van der Waals surface area contributed by atoms with E-state index in [1.807, 2.05) is 42.5 Å². The number of halogens is 2. The molecule has 2 atom stereocenters. The number of carbonyl (C=O) groups excluding carboxylic acids is 1. The maximum atomic E-state index is 13.8. The van der Waals surface area contributed by atoms with Gasteiger partial charge in [-0.1, -0.05) is 42.5 Å². The fraction of sp³-hybridized carbons (Fsp3) is 0.389. The van der Waals surface area contributed by atoms with E-state index < -0.39 is 23.7 Å². The molecule has 2 aromatic rings. The zero-order valence-corrected chi connectivity index (χ0v) is 12.0. The summed E-state index contributed by atoms with van der Waals surface area (Å²) in [6.45, 7) is 0.127. The maximum absolute atomic E-state index is 13.8. The van der Waals surface area contributed by atoms with Gasteiger partial charge in [0, 0.05) is 18.8 Å². The van der Waals surface area contributed by atoms with Gasteiger partial charge in [-0.15, -0.1) is 0 Å². The highest BCUT2D eigenvalue weighted by Crippen LogP contribution is 2.56. The Morgan fingerprint density at radius 2 is 1.91 bits per heavy atom. The molecule has 2 aromatic carbocycles. The summed E-state index contributed by atoms with van der Waals surface area (Å²) in [5.41, 5.74) is -0.133. The van der Waals surface area contributed by atoms with Crippen LogP contribution in [0, 0.1) is 11.3 Å². The number of cyclic esters (lactones) is 1. The lowest BCUT2D eigenvalue weighted by Gasteiger charge is -2.24. The van der Waals surface area contributed by atoms with Gasteiger partial charge in [0.2, 0.25) is 5.92 Å². The van der Waals surface area contributed by atoms with Gasteiger partial charge in [-0.05, 0) is 22.8 Å². The van der Waals surface area contributed by atoms with E-state index in [1.54, 1.807) is 0 Å². The van der Waals surface area contributed by atoms with Crippen LogP contribution in [0.5, 0.6) is 0 Å². The molecule has 2 nitrogen and oxygen atoms in total. The zero-order chi connectivity index (χ0) is 15.4. The molecule has 0 radical (unpaired) electrons. The second kappa shape index (κ2) is 4.51. The van der Waals surface area contributed by atoms with E-state index in [2.05, 4.69) is 0 Å². The van der Waals surface area contributed by atoms with Crippen LogP contribution in [0.2, 0.25) is 0 Å². The monoisotopic (exact) mass is 302 g/mol. The standard InChI is InChI=1S/C18H16F2O2/c19-18(20)9-15-10-22-16(21)17(15,11-18)8-12-5-6-13-3-1-2-4-14(13)7-12/h1-7,15H,8-11H2. The molecule has 0 bridgehead atoms. The van der Waals surface area contributed by atoms with Crippen LogP contribution in [-0.2, 0) is 16.0 Å². The van der Waals surface area contributed by atoms with Gasteiger partial charge in [-0.25, -0.2) is 8.78 Å². The number of fused-ring (bicyclic) bond motifs is 2. The molecule has 1 aliphatic heterocycles. The van der Waals surface area contributed by atoms with Gasteiger partial charge in [0.25, 0.3) is 0 Å². The minimum atomic E-state index is -2.76. The van der Waals surface area contributed by atoms with E-state index in [-0.39, 0.29) is 18.9 Å². The molecule has 22 heavy (non-hydrogen) atoms. The molecule has 0 spiro atoms. The van der Waals surface area contributed by atoms with Crippen molar-refractivity contribution in [3.63, 3.8) is 0 Å². The van der Waals surface area contributed by atoms with Crippen molar-refractivity contribution in [3.8, 4) is 0 Å². The van der Waals surface area contributed by atoms with E-state index >= 15 is 0 Å². The predicted octanol–water partition coefficient (Wildman–Crippen LogP) is 3.97.